The molecule has 0 saturated carbocycles. The van der Waals surface area contributed by atoms with E-state index >= 15 is 0 Å². The van der Waals surface area contributed by atoms with Crippen LogP contribution in [0.2, 0.25) is 0 Å². The zero-order chi connectivity index (χ0) is 45.8. The van der Waals surface area contributed by atoms with E-state index in [2.05, 4.69) is 0 Å². The van der Waals surface area contributed by atoms with Crippen LogP contribution >= 0.6 is 0 Å². The highest BCUT2D eigenvalue weighted by Gasteiger charge is 2.52. The van der Waals surface area contributed by atoms with Gasteiger partial charge >= 0.3 is 31.3 Å². The average molecular weight is 919 g/mol. The Hall–Kier alpha value is -7.16. The Morgan fingerprint density at radius 3 is 0.846 bits per heavy atom. The summed E-state index contributed by atoms with van der Waals surface area (Å²) in [7, 11) is -12.5. The Morgan fingerprint density at radius 1 is 0.338 bits per heavy atom. The lowest BCUT2D eigenvalue weighted by molar-refractivity contribution is -0.0504. The van der Waals surface area contributed by atoms with Gasteiger partial charge in [-0.2, -0.15) is 43.2 Å². The van der Waals surface area contributed by atoms with Crippen molar-refractivity contribution < 1.29 is 51.5 Å². The van der Waals surface area contributed by atoms with E-state index in [1.807, 2.05) is 36.4 Å². The van der Waals surface area contributed by atoms with Crippen molar-refractivity contribution in [2.45, 2.75) is 16.4 Å². The molecule has 0 radical (unpaired) electrons. The molecule has 1 aliphatic carbocycles. The van der Waals surface area contributed by atoms with E-state index in [4.69, 9.17) is 8.37 Å². The number of hydrogen-bond acceptors (Lipinski definition) is 6. The number of fused-ring (bicyclic) bond motifs is 3. The fourth-order valence-electron chi connectivity index (χ4n) is 8.54. The Kier molecular flexibility index (Phi) is 10.7. The van der Waals surface area contributed by atoms with Crippen molar-refractivity contribution >= 4 is 20.2 Å². The van der Waals surface area contributed by atoms with Gasteiger partial charge in [0.15, 0.2) is 11.5 Å². The maximum absolute atomic E-state index is 14.3. The van der Waals surface area contributed by atoms with Gasteiger partial charge in [-0.1, -0.05) is 170 Å². The van der Waals surface area contributed by atoms with Crippen LogP contribution in [0.25, 0.3) is 55.6 Å². The minimum absolute atomic E-state index is 0.0289. The summed E-state index contributed by atoms with van der Waals surface area (Å²) in [5.74, 6) is -1.21. The Morgan fingerprint density at radius 2 is 0.585 bits per heavy atom. The molecule has 65 heavy (non-hydrogen) atoms. The molecule has 0 aromatic heterocycles. The lowest BCUT2D eigenvalue weighted by Gasteiger charge is -2.36. The second-order valence-electron chi connectivity index (χ2n) is 15.1. The monoisotopic (exact) mass is 918 g/mol. The minimum Gasteiger partial charge on any atom is -0.375 e. The topological polar surface area (TPSA) is 86.7 Å². The quantitative estimate of drug-likeness (QED) is 0.0771. The summed E-state index contributed by atoms with van der Waals surface area (Å²) in [6.45, 7) is 0. The molecule has 9 rings (SSSR count). The summed E-state index contributed by atoms with van der Waals surface area (Å²) >= 11 is 0. The average Bonchev–Trinajstić information content (AvgIpc) is 3.60. The predicted octanol–water partition coefficient (Wildman–Crippen LogP) is 13.2. The van der Waals surface area contributed by atoms with Crippen LogP contribution in [0.5, 0.6) is 11.5 Å². The molecule has 14 heteroatoms. The van der Waals surface area contributed by atoms with Gasteiger partial charge in [0, 0.05) is 22.3 Å². The molecule has 8 aromatic carbocycles. The zero-order valence-corrected chi connectivity index (χ0v) is 35.1. The van der Waals surface area contributed by atoms with Crippen LogP contribution in [-0.2, 0) is 25.7 Å². The normalized spacial score (nSPS) is 13.4. The van der Waals surface area contributed by atoms with Crippen molar-refractivity contribution in [3.8, 4) is 67.1 Å². The molecular weight excluding hydrogens is 887 g/mol. The smallest absolute Gasteiger partial charge is 0.375 e. The van der Waals surface area contributed by atoms with Crippen LogP contribution in [0, 0.1) is 0 Å². The second-order valence-corrected chi connectivity index (χ2v) is 18.1. The molecule has 0 atom stereocenters. The van der Waals surface area contributed by atoms with Crippen molar-refractivity contribution in [2.24, 2.45) is 0 Å². The van der Waals surface area contributed by atoms with Crippen LogP contribution in [0.15, 0.2) is 194 Å². The molecule has 0 fully saturated rings. The highest BCUT2D eigenvalue weighted by molar-refractivity contribution is 7.88. The van der Waals surface area contributed by atoms with Gasteiger partial charge in [-0.15, -0.1) is 0 Å². The first-order valence-corrected chi connectivity index (χ1v) is 22.6. The van der Waals surface area contributed by atoms with Crippen LogP contribution in [0.1, 0.15) is 22.3 Å². The van der Waals surface area contributed by atoms with Crippen LogP contribution in [0.3, 0.4) is 0 Å². The molecule has 6 nitrogen and oxygen atoms in total. The summed E-state index contributed by atoms with van der Waals surface area (Å²) < 4.78 is 148. The van der Waals surface area contributed by atoms with E-state index in [0.29, 0.717) is 44.5 Å². The molecule has 0 saturated heterocycles. The SMILES string of the molecule is O=S(=O)(Oc1c(-c2ccccc2)cc(C2(c3cc(-c4ccccc4)c(OS(=O)(=O)C(F)(F)F)c(-c4ccccc4)c3)c3ccccc3-c3ccccc32)cc1-c1ccccc1)C(F)(F)F. The van der Waals surface area contributed by atoms with Gasteiger partial charge < -0.3 is 8.37 Å². The van der Waals surface area contributed by atoms with Crippen molar-refractivity contribution in [3.05, 3.63) is 216 Å². The van der Waals surface area contributed by atoms with Gasteiger partial charge in [0.1, 0.15) is 0 Å². The minimum atomic E-state index is -6.25. The maximum Gasteiger partial charge on any atom is 0.534 e. The number of rotatable bonds is 10. The fraction of sp³-hybridized carbons (Fsp3) is 0.0588. The van der Waals surface area contributed by atoms with Gasteiger partial charge in [0.05, 0.1) is 5.41 Å². The van der Waals surface area contributed by atoms with Crippen LogP contribution < -0.4 is 8.37 Å². The summed E-state index contributed by atoms with van der Waals surface area (Å²) in [6, 6.07) is 53.6. The first-order chi connectivity index (χ1) is 31.0. The van der Waals surface area contributed by atoms with Gasteiger partial charge in [0.25, 0.3) is 0 Å². The first kappa shape index (κ1) is 43.1. The lowest BCUT2D eigenvalue weighted by atomic mass is 9.66. The molecule has 0 bridgehead atoms. The van der Waals surface area contributed by atoms with Crippen LogP contribution in [-0.4, -0.2) is 27.9 Å². The van der Waals surface area contributed by atoms with E-state index in [1.165, 1.54) is 0 Å². The molecule has 0 amide bonds. The largest absolute Gasteiger partial charge is 0.534 e. The second kappa shape index (κ2) is 16.1. The van der Waals surface area contributed by atoms with E-state index in [1.54, 1.807) is 158 Å². The summed E-state index contributed by atoms with van der Waals surface area (Å²) in [4.78, 5) is 0. The Balaban J connectivity index is 1.49. The molecule has 0 N–H and O–H groups in total. The summed E-state index contributed by atoms with van der Waals surface area (Å²) in [5, 5.41) is 0. The van der Waals surface area contributed by atoms with Crippen molar-refractivity contribution in [1.82, 2.24) is 0 Å². The Labute approximate surface area is 370 Å². The zero-order valence-electron chi connectivity index (χ0n) is 33.5. The fourth-order valence-corrected chi connectivity index (χ4v) is 9.52. The molecule has 326 valence electrons. The van der Waals surface area contributed by atoms with E-state index < -0.39 is 48.2 Å². The molecule has 0 spiro atoms. The standard InChI is InChI=1S/C51H32F6O6S2/c52-50(53,54)64(58,59)62-47-41(33-17-5-1-6-18-33)29-37(30-42(47)34-19-7-2-8-20-34)49(45-27-15-13-25-39(45)40-26-14-16-28-46(40)49)38-31-43(35-21-9-3-10-22-35)48(63-65(60,61)51(55,56)57)44(32-38)36-23-11-4-12-24-36/h1-32H. The van der Waals surface area contributed by atoms with Crippen molar-refractivity contribution in [1.29, 1.82) is 0 Å². The summed E-state index contributed by atoms with van der Waals surface area (Å²) in [5.41, 5.74) is -8.50. The first-order valence-electron chi connectivity index (χ1n) is 19.8. The summed E-state index contributed by atoms with van der Waals surface area (Å²) in [6.07, 6.45) is 0. The predicted molar refractivity (Wildman–Crippen MR) is 237 cm³/mol. The van der Waals surface area contributed by atoms with Crippen molar-refractivity contribution in [2.75, 3.05) is 0 Å². The third-order valence-corrected chi connectivity index (χ3v) is 13.2. The van der Waals surface area contributed by atoms with Gasteiger partial charge in [-0.25, -0.2) is 0 Å². The maximum atomic E-state index is 14.3. The molecule has 8 aromatic rings. The van der Waals surface area contributed by atoms with Gasteiger partial charge in [0.2, 0.25) is 0 Å². The van der Waals surface area contributed by atoms with Crippen LogP contribution in [0.4, 0.5) is 26.3 Å². The molecule has 1 aliphatic rings. The van der Waals surface area contributed by atoms with Gasteiger partial charge in [-0.05, 0) is 79.9 Å². The highest BCUT2D eigenvalue weighted by atomic mass is 32.2. The number of halogens is 6. The van der Waals surface area contributed by atoms with Gasteiger partial charge in [-0.3, -0.25) is 0 Å². The third kappa shape index (κ3) is 7.51. The Bertz CT molecular complexity index is 2960. The lowest BCUT2D eigenvalue weighted by Crippen LogP contribution is -2.31. The molecule has 0 heterocycles. The molecule has 0 aliphatic heterocycles. The van der Waals surface area contributed by atoms with Crippen molar-refractivity contribution in [3.63, 3.8) is 0 Å². The van der Waals surface area contributed by atoms with E-state index in [9.17, 15) is 43.2 Å². The molecular formula is C51H32F6O6S2. The van der Waals surface area contributed by atoms with E-state index in [0.717, 1.165) is 11.1 Å². The number of alkyl halides is 6. The number of benzene rings is 8. The highest BCUT2D eigenvalue weighted by Crippen LogP contribution is 2.60. The molecule has 0 unspecified atom stereocenters. The number of hydrogen-bond donors (Lipinski definition) is 0. The van der Waals surface area contributed by atoms with E-state index in [-0.39, 0.29) is 22.3 Å². The third-order valence-electron chi connectivity index (χ3n) is 11.3.